The number of carboxylic acids is 1. The molecule has 0 unspecified atom stereocenters. The maximum atomic E-state index is 12.9. The number of anilines is 1. The zero-order chi connectivity index (χ0) is 27.9. The number of benzene rings is 3. The zero-order valence-electron chi connectivity index (χ0n) is 20.7. The third-order valence-corrected chi connectivity index (χ3v) is 6.80. The Hall–Kier alpha value is -4.28. The number of thioether (sulfide) groups is 1. The number of aromatic carboxylic acids is 1. The van der Waals surface area contributed by atoms with Crippen LogP contribution in [0.3, 0.4) is 0 Å². The molecule has 3 amide bonds. The normalized spacial score (nSPS) is 14.0. The molecule has 11 heteroatoms. The molecule has 4 rings (SSSR count). The largest absolute Gasteiger partial charge is 0.493 e. The van der Waals surface area contributed by atoms with Crippen molar-refractivity contribution in [1.29, 1.82) is 0 Å². The van der Waals surface area contributed by atoms with Crippen LogP contribution in [0.1, 0.15) is 27.9 Å². The minimum absolute atomic E-state index is 0.0929. The third-order valence-electron chi connectivity index (χ3n) is 5.64. The van der Waals surface area contributed by atoms with Gasteiger partial charge in [-0.05, 0) is 77.5 Å². The number of imide groups is 1. The van der Waals surface area contributed by atoms with E-state index in [1.54, 1.807) is 36.4 Å². The van der Waals surface area contributed by atoms with E-state index in [1.165, 1.54) is 31.4 Å². The molecule has 200 valence electrons. The van der Waals surface area contributed by atoms with Gasteiger partial charge in [0.25, 0.3) is 11.1 Å². The summed E-state index contributed by atoms with van der Waals surface area (Å²) in [5, 5.41) is 11.7. The topological polar surface area (TPSA) is 122 Å². The van der Waals surface area contributed by atoms with Crippen LogP contribution in [0.4, 0.5) is 10.5 Å². The number of amides is 3. The number of ether oxygens (including phenoxy) is 2. The van der Waals surface area contributed by atoms with Gasteiger partial charge in [0, 0.05) is 23.7 Å². The van der Waals surface area contributed by atoms with Gasteiger partial charge < -0.3 is 19.9 Å². The Labute approximate surface area is 233 Å². The van der Waals surface area contributed by atoms with E-state index in [0.717, 1.165) is 22.2 Å². The number of methoxy groups -OCH3 is 1. The molecule has 1 saturated heterocycles. The van der Waals surface area contributed by atoms with E-state index in [-0.39, 0.29) is 23.4 Å². The number of rotatable bonds is 10. The summed E-state index contributed by atoms with van der Waals surface area (Å²) in [4.78, 5) is 49.8. The molecule has 3 aromatic rings. The Morgan fingerprint density at radius 1 is 1.03 bits per heavy atom. The SMILES string of the molecule is COc1cc(/C=C2\SC(=O)N(CCC(=O)Nc3ccc(C(=O)O)cc3)C2=O)ccc1OCc1ccc(Cl)cc1. The highest BCUT2D eigenvalue weighted by molar-refractivity contribution is 8.18. The predicted molar refractivity (Wildman–Crippen MR) is 148 cm³/mol. The number of carboxylic acid groups (broad SMARTS) is 1. The van der Waals surface area contributed by atoms with Crippen LogP contribution in [0.5, 0.6) is 11.5 Å². The summed E-state index contributed by atoms with van der Waals surface area (Å²) in [6.07, 6.45) is 1.47. The quantitative estimate of drug-likeness (QED) is 0.300. The van der Waals surface area contributed by atoms with Crippen LogP contribution in [0.15, 0.2) is 71.6 Å². The van der Waals surface area contributed by atoms with Crippen molar-refractivity contribution in [2.24, 2.45) is 0 Å². The van der Waals surface area contributed by atoms with Crippen molar-refractivity contribution in [2.45, 2.75) is 13.0 Å². The average molecular weight is 567 g/mol. The Morgan fingerprint density at radius 3 is 2.41 bits per heavy atom. The minimum atomic E-state index is -1.07. The maximum absolute atomic E-state index is 12.9. The van der Waals surface area contributed by atoms with Crippen LogP contribution >= 0.6 is 23.4 Å². The number of nitrogens with one attached hydrogen (secondary N) is 1. The Bertz CT molecular complexity index is 1440. The molecule has 0 bridgehead atoms. The van der Waals surface area contributed by atoms with Gasteiger partial charge >= 0.3 is 5.97 Å². The van der Waals surface area contributed by atoms with Crippen molar-refractivity contribution in [2.75, 3.05) is 19.0 Å². The van der Waals surface area contributed by atoms with Gasteiger partial charge in [0.05, 0.1) is 17.6 Å². The van der Waals surface area contributed by atoms with Gasteiger partial charge in [-0.15, -0.1) is 0 Å². The van der Waals surface area contributed by atoms with Gasteiger partial charge in [-0.25, -0.2) is 4.79 Å². The summed E-state index contributed by atoms with van der Waals surface area (Å²) in [6.45, 7) is 0.217. The van der Waals surface area contributed by atoms with Crippen LogP contribution in [-0.2, 0) is 16.2 Å². The van der Waals surface area contributed by atoms with Crippen molar-refractivity contribution in [3.63, 3.8) is 0 Å². The molecule has 1 aliphatic rings. The average Bonchev–Trinajstić information content (AvgIpc) is 3.19. The van der Waals surface area contributed by atoms with E-state index in [1.807, 2.05) is 12.1 Å². The first-order valence-electron chi connectivity index (χ1n) is 11.7. The van der Waals surface area contributed by atoms with E-state index in [0.29, 0.717) is 34.4 Å². The molecule has 0 radical (unpaired) electrons. The molecule has 1 fully saturated rings. The van der Waals surface area contributed by atoms with Crippen LogP contribution < -0.4 is 14.8 Å². The molecule has 1 aliphatic heterocycles. The van der Waals surface area contributed by atoms with Gasteiger partial charge in [0.15, 0.2) is 11.5 Å². The molecule has 9 nitrogen and oxygen atoms in total. The summed E-state index contributed by atoms with van der Waals surface area (Å²) in [7, 11) is 1.51. The van der Waals surface area contributed by atoms with E-state index in [4.69, 9.17) is 26.2 Å². The van der Waals surface area contributed by atoms with E-state index < -0.39 is 23.0 Å². The molecular weight excluding hydrogens is 544 g/mol. The number of halogens is 1. The molecule has 0 atom stereocenters. The Morgan fingerprint density at radius 2 is 1.74 bits per heavy atom. The fourth-order valence-corrected chi connectivity index (χ4v) is 4.60. The Kier molecular flexibility index (Phi) is 8.90. The first-order chi connectivity index (χ1) is 18.7. The zero-order valence-corrected chi connectivity index (χ0v) is 22.3. The molecular formula is C28H23ClN2O7S. The van der Waals surface area contributed by atoms with Crippen molar-refractivity contribution in [3.05, 3.63) is 93.3 Å². The highest BCUT2D eigenvalue weighted by atomic mass is 35.5. The van der Waals surface area contributed by atoms with Crippen LogP contribution in [0.2, 0.25) is 5.02 Å². The second-order valence-corrected chi connectivity index (χ2v) is 9.77. The van der Waals surface area contributed by atoms with Gasteiger partial charge in [0.1, 0.15) is 6.61 Å². The van der Waals surface area contributed by atoms with Crippen LogP contribution in [0.25, 0.3) is 6.08 Å². The molecule has 0 spiro atoms. The van der Waals surface area contributed by atoms with E-state index in [9.17, 15) is 19.2 Å². The lowest BCUT2D eigenvalue weighted by molar-refractivity contribution is -0.123. The van der Waals surface area contributed by atoms with Crippen LogP contribution in [0, 0.1) is 0 Å². The molecule has 0 aliphatic carbocycles. The second kappa shape index (κ2) is 12.5. The van der Waals surface area contributed by atoms with E-state index >= 15 is 0 Å². The highest BCUT2D eigenvalue weighted by Crippen LogP contribution is 2.35. The van der Waals surface area contributed by atoms with Crippen molar-refractivity contribution >= 4 is 58.1 Å². The standard InChI is InChI=1S/C28H23ClN2O7S/c1-37-23-14-18(4-11-22(23)38-16-17-2-7-20(29)8-3-17)15-24-26(33)31(28(36)39-24)13-12-25(32)30-21-9-5-19(6-10-21)27(34)35/h2-11,14-15H,12-13,16H2,1H3,(H,30,32)(H,34,35)/b24-15-. The fourth-order valence-electron chi connectivity index (χ4n) is 3.61. The van der Waals surface area contributed by atoms with Gasteiger partial charge in [-0.3, -0.25) is 19.3 Å². The van der Waals surface area contributed by atoms with Crippen LogP contribution in [-0.4, -0.2) is 46.7 Å². The summed E-state index contributed by atoms with van der Waals surface area (Å²) < 4.78 is 11.3. The van der Waals surface area contributed by atoms with E-state index in [2.05, 4.69) is 5.32 Å². The smallest absolute Gasteiger partial charge is 0.335 e. The van der Waals surface area contributed by atoms with Crippen molar-refractivity contribution in [3.8, 4) is 11.5 Å². The van der Waals surface area contributed by atoms with Gasteiger partial charge in [-0.2, -0.15) is 0 Å². The number of hydrogen-bond acceptors (Lipinski definition) is 7. The molecule has 39 heavy (non-hydrogen) atoms. The Balaban J connectivity index is 1.35. The van der Waals surface area contributed by atoms with Gasteiger partial charge in [-0.1, -0.05) is 29.8 Å². The summed E-state index contributed by atoms with van der Waals surface area (Å²) in [5.74, 6) is -1.01. The predicted octanol–water partition coefficient (Wildman–Crippen LogP) is 5.69. The summed E-state index contributed by atoms with van der Waals surface area (Å²) in [6, 6.07) is 18.1. The molecule has 0 aromatic heterocycles. The second-order valence-electron chi connectivity index (χ2n) is 8.34. The van der Waals surface area contributed by atoms with Gasteiger partial charge in [0.2, 0.25) is 5.91 Å². The fraction of sp³-hybridized carbons (Fsp3) is 0.143. The van der Waals surface area contributed by atoms with Crippen molar-refractivity contribution < 1.29 is 33.8 Å². The third kappa shape index (κ3) is 7.18. The number of carbonyl (C=O) groups excluding carboxylic acids is 3. The maximum Gasteiger partial charge on any atom is 0.335 e. The molecule has 2 N–H and O–H groups in total. The molecule has 3 aromatic carbocycles. The summed E-state index contributed by atoms with van der Waals surface area (Å²) >= 11 is 6.71. The molecule has 0 saturated carbocycles. The van der Waals surface area contributed by atoms with Crippen molar-refractivity contribution in [1.82, 2.24) is 4.90 Å². The lowest BCUT2D eigenvalue weighted by atomic mass is 10.1. The number of nitrogens with zero attached hydrogens (tertiary/aromatic N) is 1. The lowest BCUT2D eigenvalue weighted by Gasteiger charge is -2.12. The highest BCUT2D eigenvalue weighted by Gasteiger charge is 2.35. The number of carbonyl (C=O) groups is 4. The molecule has 1 heterocycles. The monoisotopic (exact) mass is 566 g/mol. The number of hydrogen-bond donors (Lipinski definition) is 2. The summed E-state index contributed by atoms with van der Waals surface area (Å²) in [5.41, 5.74) is 2.08. The minimum Gasteiger partial charge on any atom is -0.493 e. The first kappa shape index (κ1) is 27.7. The lowest BCUT2D eigenvalue weighted by Crippen LogP contribution is -2.31. The first-order valence-corrected chi connectivity index (χ1v) is 12.9.